The summed E-state index contributed by atoms with van der Waals surface area (Å²) in [5, 5.41) is 8.43. The third-order valence-electron chi connectivity index (χ3n) is 8.31. The van der Waals surface area contributed by atoms with Gasteiger partial charge in [-0.15, -0.1) is 10.2 Å². The molecule has 0 bridgehead atoms. The SMILES string of the molecule is COC[Si]1CCCN1Cc1cc(C(F)(F)F)c2cn(-c3cccc([C@H](c4nncn4C)C4CCC4)c3)c(=O)n2c1. The monoisotopic (exact) mass is 569 g/mol. The Morgan fingerprint density at radius 3 is 2.67 bits per heavy atom. The molecule has 2 aliphatic rings. The fourth-order valence-corrected chi connectivity index (χ4v) is 8.55. The molecule has 211 valence electrons. The number of aryl methyl sites for hydroxylation is 1. The quantitative estimate of drug-likeness (QED) is 0.291. The lowest BCUT2D eigenvalue weighted by molar-refractivity contribution is -0.136. The van der Waals surface area contributed by atoms with Gasteiger partial charge in [0.05, 0.1) is 23.0 Å². The van der Waals surface area contributed by atoms with Crippen LogP contribution in [-0.4, -0.2) is 57.1 Å². The van der Waals surface area contributed by atoms with Crippen molar-refractivity contribution in [2.24, 2.45) is 13.0 Å². The van der Waals surface area contributed by atoms with Crippen molar-refractivity contribution in [2.75, 3.05) is 19.9 Å². The Bertz CT molecular complexity index is 1570. The summed E-state index contributed by atoms with van der Waals surface area (Å²) in [6.07, 6.45) is 4.87. The maximum Gasteiger partial charge on any atom is 0.418 e. The van der Waals surface area contributed by atoms with Gasteiger partial charge in [0.15, 0.2) is 8.96 Å². The number of alkyl halides is 3. The molecule has 0 N–H and O–H groups in total. The van der Waals surface area contributed by atoms with Crippen LogP contribution in [0.2, 0.25) is 6.04 Å². The second-order valence-corrected chi connectivity index (χ2v) is 13.4. The molecule has 4 heterocycles. The zero-order chi connectivity index (χ0) is 28.0. The molecular weight excluding hydrogens is 537 g/mol. The number of rotatable bonds is 8. The van der Waals surface area contributed by atoms with Crippen LogP contribution in [0.5, 0.6) is 0 Å². The number of hydrogen-bond acceptors (Lipinski definition) is 5. The average molecular weight is 570 g/mol. The minimum Gasteiger partial charge on any atom is -0.387 e. The molecule has 1 saturated heterocycles. The number of nitrogens with zero attached hydrogens (tertiary/aromatic N) is 6. The summed E-state index contributed by atoms with van der Waals surface area (Å²) in [5.74, 6) is 1.24. The summed E-state index contributed by atoms with van der Waals surface area (Å²) in [5.41, 5.74) is 0.488. The lowest BCUT2D eigenvalue weighted by atomic mass is 9.72. The van der Waals surface area contributed by atoms with Crippen LogP contribution in [0.4, 0.5) is 13.2 Å². The Labute approximate surface area is 231 Å². The molecule has 1 saturated carbocycles. The minimum absolute atomic E-state index is 0.00478. The van der Waals surface area contributed by atoms with Crippen molar-refractivity contribution < 1.29 is 17.9 Å². The van der Waals surface area contributed by atoms with E-state index in [1.54, 1.807) is 25.7 Å². The van der Waals surface area contributed by atoms with Crippen molar-refractivity contribution in [1.82, 2.24) is 28.3 Å². The van der Waals surface area contributed by atoms with Crippen molar-refractivity contribution in [3.05, 3.63) is 82.1 Å². The summed E-state index contributed by atoms with van der Waals surface area (Å²) in [4.78, 5) is 13.6. The Kier molecular flexibility index (Phi) is 7.17. The van der Waals surface area contributed by atoms with Crippen molar-refractivity contribution in [1.29, 1.82) is 0 Å². The third kappa shape index (κ3) is 4.92. The van der Waals surface area contributed by atoms with Crippen LogP contribution >= 0.6 is 0 Å². The van der Waals surface area contributed by atoms with Gasteiger partial charge < -0.3 is 13.9 Å². The van der Waals surface area contributed by atoms with Crippen LogP contribution in [0.1, 0.15) is 54.1 Å². The lowest BCUT2D eigenvalue weighted by Gasteiger charge is -2.33. The first-order valence-electron chi connectivity index (χ1n) is 13.6. The van der Waals surface area contributed by atoms with E-state index < -0.39 is 26.4 Å². The van der Waals surface area contributed by atoms with Crippen LogP contribution in [0.15, 0.2) is 53.8 Å². The van der Waals surface area contributed by atoms with E-state index in [0.717, 1.165) is 54.1 Å². The number of aromatic nitrogens is 5. The van der Waals surface area contributed by atoms with Gasteiger partial charge in [0.2, 0.25) is 0 Å². The zero-order valence-electron chi connectivity index (χ0n) is 22.6. The number of benzene rings is 1. The Morgan fingerprint density at radius 2 is 2.00 bits per heavy atom. The van der Waals surface area contributed by atoms with Gasteiger partial charge in [-0.3, -0.25) is 8.97 Å². The van der Waals surface area contributed by atoms with Gasteiger partial charge in [-0.25, -0.2) is 4.79 Å². The number of hydrogen-bond donors (Lipinski definition) is 0. The van der Waals surface area contributed by atoms with Gasteiger partial charge in [0.1, 0.15) is 12.2 Å². The third-order valence-corrected chi connectivity index (χ3v) is 11.1. The molecule has 1 aromatic carbocycles. The molecule has 0 amide bonds. The van der Waals surface area contributed by atoms with E-state index in [4.69, 9.17) is 4.74 Å². The molecule has 1 aliphatic heterocycles. The Hall–Kier alpha value is -3.22. The minimum atomic E-state index is -4.60. The Balaban J connectivity index is 1.42. The second kappa shape index (κ2) is 10.6. The molecule has 12 heteroatoms. The predicted molar refractivity (Wildman–Crippen MR) is 146 cm³/mol. The fourth-order valence-electron chi connectivity index (χ4n) is 6.12. The number of halogens is 3. The smallest absolute Gasteiger partial charge is 0.387 e. The van der Waals surface area contributed by atoms with Crippen LogP contribution in [-0.2, 0) is 24.5 Å². The van der Waals surface area contributed by atoms with Crippen molar-refractivity contribution in [3.63, 3.8) is 0 Å². The largest absolute Gasteiger partial charge is 0.418 e. The van der Waals surface area contributed by atoms with E-state index >= 15 is 0 Å². The van der Waals surface area contributed by atoms with E-state index in [1.165, 1.54) is 16.8 Å². The molecule has 40 heavy (non-hydrogen) atoms. The number of ether oxygens (including phenoxy) is 1. The maximum absolute atomic E-state index is 14.3. The normalized spacial score (nSPS) is 18.0. The van der Waals surface area contributed by atoms with E-state index in [2.05, 4.69) is 14.8 Å². The van der Waals surface area contributed by atoms with Gasteiger partial charge in [0, 0.05) is 39.0 Å². The summed E-state index contributed by atoms with van der Waals surface area (Å²) >= 11 is 0. The molecule has 6 rings (SSSR count). The molecule has 0 unspecified atom stereocenters. The fraction of sp³-hybridized carbons (Fsp3) is 0.464. The zero-order valence-corrected chi connectivity index (χ0v) is 23.6. The lowest BCUT2D eigenvalue weighted by Crippen LogP contribution is -2.37. The molecular formula is C28H32F3N6O2Si. The standard InChI is InChI=1S/C28H32F3N6O2Si/c1-34-17-32-33-26(34)25(20-6-3-7-20)21-8-4-9-22(13-21)36-16-24-23(28(29,30)31)12-19(15-37(24)27(36)38)14-35-10-5-11-40(35)18-39-2/h4,8-9,12-13,15-17,20,25H,3,5-7,10-11,14,18H2,1-2H3/t25-/m1/s1. The predicted octanol–water partition coefficient (Wildman–Crippen LogP) is 4.55. The first-order chi connectivity index (χ1) is 19.2. The van der Waals surface area contributed by atoms with Crippen molar-refractivity contribution in [3.8, 4) is 5.69 Å². The molecule has 2 fully saturated rings. The van der Waals surface area contributed by atoms with E-state index in [1.807, 2.05) is 29.8 Å². The van der Waals surface area contributed by atoms with E-state index in [-0.39, 0.29) is 11.4 Å². The van der Waals surface area contributed by atoms with Crippen LogP contribution in [0, 0.1) is 5.92 Å². The summed E-state index contributed by atoms with van der Waals surface area (Å²) in [6.45, 7) is 1.19. The number of fused-ring (bicyclic) bond motifs is 1. The maximum atomic E-state index is 14.3. The van der Waals surface area contributed by atoms with Gasteiger partial charge >= 0.3 is 11.9 Å². The van der Waals surface area contributed by atoms with E-state index in [0.29, 0.717) is 29.9 Å². The molecule has 4 aromatic rings. The second-order valence-electron chi connectivity index (χ2n) is 10.9. The first kappa shape index (κ1) is 27.0. The summed E-state index contributed by atoms with van der Waals surface area (Å²) in [6, 6.07) is 9.74. The average Bonchev–Trinajstić information content (AvgIpc) is 3.60. The molecule has 1 atom stereocenters. The molecule has 1 aliphatic carbocycles. The van der Waals surface area contributed by atoms with Gasteiger partial charge in [-0.1, -0.05) is 18.6 Å². The van der Waals surface area contributed by atoms with Crippen LogP contribution in [0.25, 0.3) is 11.2 Å². The van der Waals surface area contributed by atoms with Crippen LogP contribution in [0.3, 0.4) is 0 Å². The topological polar surface area (TPSA) is 69.6 Å². The molecule has 3 aromatic heterocycles. The highest BCUT2D eigenvalue weighted by molar-refractivity contribution is 6.56. The van der Waals surface area contributed by atoms with Gasteiger partial charge in [-0.2, -0.15) is 13.2 Å². The number of pyridine rings is 1. The molecule has 1 radical (unpaired) electrons. The van der Waals surface area contributed by atoms with Gasteiger partial charge in [-0.05, 0) is 67.1 Å². The van der Waals surface area contributed by atoms with Crippen molar-refractivity contribution in [2.45, 2.75) is 50.4 Å². The highest BCUT2D eigenvalue weighted by atomic mass is 28.3. The van der Waals surface area contributed by atoms with E-state index in [9.17, 15) is 18.0 Å². The Morgan fingerprint density at radius 1 is 1.18 bits per heavy atom. The highest BCUT2D eigenvalue weighted by Crippen LogP contribution is 2.43. The number of imidazole rings is 1. The molecule has 0 spiro atoms. The summed E-state index contributed by atoms with van der Waals surface area (Å²) in [7, 11) is 2.60. The highest BCUT2D eigenvalue weighted by Gasteiger charge is 2.36. The van der Waals surface area contributed by atoms with Crippen molar-refractivity contribution >= 4 is 14.5 Å². The molecule has 8 nitrogen and oxygen atoms in total. The van der Waals surface area contributed by atoms with Gasteiger partial charge in [0.25, 0.3) is 0 Å². The summed E-state index contributed by atoms with van der Waals surface area (Å²) < 4.78 is 54.8. The number of methoxy groups -OCH3 is 1. The first-order valence-corrected chi connectivity index (χ1v) is 15.5. The van der Waals surface area contributed by atoms with Crippen LogP contribution < -0.4 is 5.69 Å².